The van der Waals surface area contributed by atoms with Gasteiger partial charge in [0.05, 0.1) is 11.5 Å². The van der Waals surface area contributed by atoms with Crippen LogP contribution in [0.15, 0.2) is 23.4 Å². The van der Waals surface area contributed by atoms with E-state index in [1.807, 2.05) is 11.8 Å². The number of hydrazine groups is 1. The van der Waals surface area contributed by atoms with Gasteiger partial charge in [-0.15, -0.1) is 11.8 Å². The molecule has 0 bridgehead atoms. The van der Waals surface area contributed by atoms with Gasteiger partial charge in [-0.1, -0.05) is 6.08 Å². The summed E-state index contributed by atoms with van der Waals surface area (Å²) >= 11 is 1.84. The molecule has 1 saturated heterocycles. The quantitative estimate of drug-likeness (QED) is 0.436. The second-order valence-corrected chi connectivity index (χ2v) is 5.33. The molecular weight excluding hydrogens is 222 g/mol. The van der Waals surface area contributed by atoms with Crippen LogP contribution in [-0.4, -0.2) is 24.6 Å². The van der Waals surface area contributed by atoms with Gasteiger partial charge in [0.1, 0.15) is 0 Å². The lowest BCUT2D eigenvalue weighted by molar-refractivity contribution is 0.306. The minimum Gasteiger partial charge on any atom is -0.375 e. The molecule has 0 aromatic heterocycles. The zero-order valence-corrected chi connectivity index (χ0v) is 9.76. The van der Waals surface area contributed by atoms with Gasteiger partial charge in [0, 0.05) is 30.6 Å². The van der Waals surface area contributed by atoms with Crippen molar-refractivity contribution in [3.8, 4) is 0 Å². The molecule has 0 aliphatic carbocycles. The summed E-state index contributed by atoms with van der Waals surface area (Å²) in [5.74, 6) is 1.11. The molecule has 0 aromatic rings. The number of nitrogens with one attached hydrogen (secondary N) is 4. The van der Waals surface area contributed by atoms with Crippen LogP contribution in [-0.2, 0) is 0 Å². The fourth-order valence-electron chi connectivity index (χ4n) is 2.47. The first kappa shape index (κ1) is 10.5. The van der Waals surface area contributed by atoms with Gasteiger partial charge in [0.25, 0.3) is 0 Å². The van der Waals surface area contributed by atoms with Crippen LogP contribution < -0.4 is 27.2 Å². The van der Waals surface area contributed by atoms with E-state index in [0.717, 1.165) is 12.2 Å². The first-order valence-corrected chi connectivity index (χ1v) is 6.55. The highest BCUT2D eigenvalue weighted by Gasteiger charge is 2.39. The van der Waals surface area contributed by atoms with E-state index in [1.165, 1.54) is 0 Å². The molecule has 3 heterocycles. The van der Waals surface area contributed by atoms with Gasteiger partial charge in [0.15, 0.2) is 0 Å². The highest BCUT2D eigenvalue weighted by Crippen LogP contribution is 2.34. The van der Waals surface area contributed by atoms with Gasteiger partial charge in [-0.25, -0.2) is 5.43 Å². The van der Waals surface area contributed by atoms with Crippen LogP contribution in [0.25, 0.3) is 0 Å². The Morgan fingerprint density at radius 2 is 2.44 bits per heavy atom. The maximum atomic E-state index is 5.63. The third-order valence-electron chi connectivity index (χ3n) is 3.37. The molecule has 0 spiro atoms. The minimum atomic E-state index is 0.347. The Balaban J connectivity index is 1.70. The van der Waals surface area contributed by atoms with E-state index in [1.54, 1.807) is 0 Å². The van der Waals surface area contributed by atoms with Gasteiger partial charge in [-0.2, -0.15) is 0 Å². The van der Waals surface area contributed by atoms with Gasteiger partial charge in [-0.3, -0.25) is 5.43 Å². The van der Waals surface area contributed by atoms with E-state index < -0.39 is 0 Å². The van der Waals surface area contributed by atoms with Gasteiger partial charge in [-0.05, 0) is 11.6 Å². The minimum absolute atomic E-state index is 0.347. The molecule has 0 aromatic carbocycles. The number of hydrogen-bond acceptors (Lipinski definition) is 6. The predicted octanol–water partition coefficient (Wildman–Crippen LogP) is -0.768. The monoisotopic (exact) mass is 239 g/mol. The van der Waals surface area contributed by atoms with Crippen molar-refractivity contribution in [2.45, 2.75) is 11.5 Å². The van der Waals surface area contributed by atoms with Crippen molar-refractivity contribution in [2.24, 2.45) is 17.6 Å². The van der Waals surface area contributed by atoms with Crippen molar-refractivity contribution in [1.29, 1.82) is 0 Å². The van der Waals surface area contributed by atoms with Gasteiger partial charge < -0.3 is 16.4 Å². The average Bonchev–Trinajstić information content (AvgIpc) is 2.97. The van der Waals surface area contributed by atoms with Crippen molar-refractivity contribution in [2.75, 3.05) is 13.1 Å². The molecule has 1 fully saturated rings. The largest absolute Gasteiger partial charge is 0.375 e. The Kier molecular flexibility index (Phi) is 2.81. The fraction of sp³-hybridized carbons (Fsp3) is 0.600. The van der Waals surface area contributed by atoms with E-state index in [0.29, 0.717) is 29.9 Å². The molecule has 16 heavy (non-hydrogen) atoms. The van der Waals surface area contributed by atoms with E-state index in [4.69, 9.17) is 5.73 Å². The maximum Gasteiger partial charge on any atom is 0.0939 e. The Morgan fingerprint density at radius 1 is 1.50 bits per heavy atom. The summed E-state index contributed by atoms with van der Waals surface area (Å²) in [7, 11) is 0. The van der Waals surface area contributed by atoms with E-state index in [-0.39, 0.29) is 0 Å². The van der Waals surface area contributed by atoms with Crippen molar-refractivity contribution in [1.82, 2.24) is 21.5 Å². The molecule has 4 unspecified atom stereocenters. The third-order valence-corrected chi connectivity index (χ3v) is 4.51. The van der Waals surface area contributed by atoms with Crippen LogP contribution in [0, 0.1) is 11.8 Å². The Labute approximate surface area is 99.3 Å². The molecule has 6 heteroatoms. The van der Waals surface area contributed by atoms with Crippen LogP contribution in [0.3, 0.4) is 0 Å². The van der Waals surface area contributed by atoms with Gasteiger partial charge >= 0.3 is 0 Å². The maximum absolute atomic E-state index is 5.63. The van der Waals surface area contributed by atoms with Crippen LogP contribution in [0.2, 0.25) is 0 Å². The summed E-state index contributed by atoms with van der Waals surface area (Å²) in [4.78, 5) is 0. The standard InChI is InChI=1S/C10H17N5S/c11-3-6-5-16-10(14-6)7-1-2-12-9-8(7)4-13-15-9/h1-2,5,7-10,12-15H,3-4,11H2. The lowest BCUT2D eigenvalue weighted by Gasteiger charge is -2.33. The number of nitrogens with two attached hydrogens (primary N) is 1. The Bertz CT molecular complexity index is 329. The summed E-state index contributed by atoms with van der Waals surface area (Å²) in [6.45, 7) is 1.60. The van der Waals surface area contributed by atoms with Crippen LogP contribution in [0.1, 0.15) is 0 Å². The molecular formula is C10H17N5S. The molecule has 3 rings (SSSR count). The molecule has 4 atom stereocenters. The lowest BCUT2D eigenvalue weighted by Crippen LogP contribution is -2.48. The third kappa shape index (κ3) is 1.71. The van der Waals surface area contributed by atoms with Crippen LogP contribution in [0.5, 0.6) is 0 Å². The summed E-state index contributed by atoms with van der Waals surface area (Å²) in [5.41, 5.74) is 13.2. The Morgan fingerprint density at radius 3 is 3.25 bits per heavy atom. The fourth-order valence-corrected chi connectivity index (χ4v) is 3.64. The van der Waals surface area contributed by atoms with Crippen molar-refractivity contribution < 1.29 is 0 Å². The molecule has 5 nitrogen and oxygen atoms in total. The van der Waals surface area contributed by atoms with Crippen molar-refractivity contribution in [3.63, 3.8) is 0 Å². The van der Waals surface area contributed by atoms with Crippen molar-refractivity contribution >= 4 is 11.8 Å². The zero-order valence-electron chi connectivity index (χ0n) is 8.94. The highest BCUT2D eigenvalue weighted by molar-refractivity contribution is 8.03. The number of thioether (sulfide) groups is 1. The normalized spacial score (nSPS) is 41.2. The topological polar surface area (TPSA) is 74.1 Å². The average molecular weight is 239 g/mol. The summed E-state index contributed by atoms with van der Waals surface area (Å²) in [6, 6.07) is 0. The highest BCUT2D eigenvalue weighted by atomic mass is 32.2. The summed E-state index contributed by atoms with van der Waals surface area (Å²) < 4.78 is 0. The van der Waals surface area contributed by atoms with Crippen LogP contribution >= 0.6 is 11.8 Å². The number of rotatable bonds is 2. The summed E-state index contributed by atoms with van der Waals surface area (Å²) in [6.07, 6.45) is 4.65. The molecule has 6 N–H and O–H groups in total. The van der Waals surface area contributed by atoms with E-state index in [2.05, 4.69) is 39.2 Å². The molecule has 0 radical (unpaired) electrons. The molecule has 88 valence electrons. The molecule has 3 aliphatic heterocycles. The zero-order chi connectivity index (χ0) is 11.0. The van der Waals surface area contributed by atoms with Crippen molar-refractivity contribution in [3.05, 3.63) is 23.4 Å². The number of fused-ring (bicyclic) bond motifs is 1. The second kappa shape index (κ2) is 4.29. The summed E-state index contributed by atoms with van der Waals surface area (Å²) in [5, 5.41) is 9.38. The number of hydrogen-bond donors (Lipinski definition) is 5. The lowest BCUT2D eigenvalue weighted by atomic mass is 9.88. The first-order chi connectivity index (χ1) is 7.88. The van der Waals surface area contributed by atoms with Crippen LogP contribution in [0.4, 0.5) is 0 Å². The molecule has 3 aliphatic rings. The first-order valence-electron chi connectivity index (χ1n) is 5.61. The van der Waals surface area contributed by atoms with E-state index >= 15 is 0 Å². The Hall–Kier alpha value is -0.690. The SMILES string of the molecule is NCC1=CSC(C2C=CNC3NNCC32)N1. The predicted molar refractivity (Wildman–Crippen MR) is 65.8 cm³/mol. The smallest absolute Gasteiger partial charge is 0.0939 e. The molecule has 0 amide bonds. The van der Waals surface area contributed by atoms with E-state index in [9.17, 15) is 0 Å². The molecule has 0 saturated carbocycles. The second-order valence-electron chi connectivity index (χ2n) is 4.32. The van der Waals surface area contributed by atoms with Gasteiger partial charge in [0.2, 0.25) is 0 Å².